The summed E-state index contributed by atoms with van der Waals surface area (Å²) in [6.45, 7) is 0. The Morgan fingerprint density at radius 2 is 1.86 bits per heavy atom. The number of nitrogens with zero attached hydrogens (tertiary/aromatic N) is 1. The first-order chi connectivity index (χ1) is 9.88. The van der Waals surface area contributed by atoms with Crippen molar-refractivity contribution in [3.63, 3.8) is 0 Å². The summed E-state index contributed by atoms with van der Waals surface area (Å²) in [6, 6.07) is 9.79. The number of halogens is 3. The molecule has 0 heterocycles. The standard InChI is InChI=1S/C15H13Br2FN2O/c1-20(2)14-6-4-10(16)8-13(14)19-15(21)9-3-5-12(18)11(17)7-9/h3-8H,1-2H3,(H,19,21). The molecule has 0 atom stereocenters. The second-order valence-corrected chi connectivity index (χ2v) is 6.41. The smallest absolute Gasteiger partial charge is 0.255 e. The highest BCUT2D eigenvalue weighted by Gasteiger charge is 2.12. The molecule has 0 aliphatic rings. The van der Waals surface area contributed by atoms with Gasteiger partial charge < -0.3 is 10.2 Å². The molecule has 2 aromatic rings. The van der Waals surface area contributed by atoms with E-state index in [1.165, 1.54) is 18.2 Å². The highest BCUT2D eigenvalue weighted by atomic mass is 79.9. The van der Waals surface area contributed by atoms with Crippen molar-refractivity contribution in [3.8, 4) is 0 Å². The van der Waals surface area contributed by atoms with Gasteiger partial charge in [0, 0.05) is 24.1 Å². The highest BCUT2D eigenvalue weighted by Crippen LogP contribution is 2.28. The van der Waals surface area contributed by atoms with Crippen molar-refractivity contribution >= 4 is 49.1 Å². The van der Waals surface area contributed by atoms with Gasteiger partial charge in [0.05, 0.1) is 15.8 Å². The van der Waals surface area contributed by atoms with Crippen LogP contribution in [0.15, 0.2) is 45.3 Å². The number of nitrogens with one attached hydrogen (secondary N) is 1. The normalized spacial score (nSPS) is 10.3. The summed E-state index contributed by atoms with van der Waals surface area (Å²) in [5, 5.41) is 2.84. The first-order valence-electron chi connectivity index (χ1n) is 6.12. The maximum atomic E-state index is 13.2. The van der Waals surface area contributed by atoms with Crippen molar-refractivity contribution in [1.29, 1.82) is 0 Å². The summed E-state index contributed by atoms with van der Waals surface area (Å²) in [6.07, 6.45) is 0. The van der Waals surface area contributed by atoms with E-state index < -0.39 is 5.82 Å². The van der Waals surface area contributed by atoms with Gasteiger partial charge in [0.2, 0.25) is 0 Å². The Bertz CT molecular complexity index is 689. The van der Waals surface area contributed by atoms with Crippen molar-refractivity contribution in [1.82, 2.24) is 0 Å². The average Bonchev–Trinajstić information content (AvgIpc) is 2.41. The fraction of sp³-hybridized carbons (Fsp3) is 0.133. The predicted octanol–water partition coefficient (Wildman–Crippen LogP) is 4.67. The van der Waals surface area contributed by atoms with Crippen LogP contribution in [-0.2, 0) is 0 Å². The van der Waals surface area contributed by atoms with Crippen LogP contribution in [0, 0.1) is 5.82 Å². The van der Waals surface area contributed by atoms with Crippen LogP contribution in [0.5, 0.6) is 0 Å². The molecule has 21 heavy (non-hydrogen) atoms. The molecule has 0 radical (unpaired) electrons. The molecule has 0 spiro atoms. The topological polar surface area (TPSA) is 32.3 Å². The SMILES string of the molecule is CN(C)c1ccc(Br)cc1NC(=O)c1ccc(F)c(Br)c1. The average molecular weight is 416 g/mol. The number of carbonyl (C=O) groups excluding carboxylic acids is 1. The molecular weight excluding hydrogens is 403 g/mol. The van der Waals surface area contributed by atoms with E-state index in [1.807, 2.05) is 37.2 Å². The molecule has 0 saturated heterocycles. The Balaban J connectivity index is 2.30. The lowest BCUT2D eigenvalue weighted by atomic mass is 10.2. The van der Waals surface area contributed by atoms with E-state index in [0.29, 0.717) is 11.3 Å². The lowest BCUT2D eigenvalue weighted by Crippen LogP contribution is -2.16. The minimum absolute atomic E-state index is 0.261. The second-order valence-electron chi connectivity index (χ2n) is 4.64. The third kappa shape index (κ3) is 3.83. The monoisotopic (exact) mass is 414 g/mol. The quantitative estimate of drug-likeness (QED) is 0.789. The Labute approximate surface area is 139 Å². The summed E-state index contributed by atoms with van der Waals surface area (Å²) >= 11 is 6.46. The van der Waals surface area contributed by atoms with Gasteiger partial charge >= 0.3 is 0 Å². The number of amides is 1. The summed E-state index contributed by atoms with van der Waals surface area (Å²) in [7, 11) is 3.79. The van der Waals surface area contributed by atoms with Gasteiger partial charge in [-0.2, -0.15) is 0 Å². The Morgan fingerprint density at radius 1 is 1.14 bits per heavy atom. The number of hydrogen-bond donors (Lipinski definition) is 1. The molecule has 6 heteroatoms. The van der Waals surface area contributed by atoms with Gasteiger partial charge in [0.25, 0.3) is 5.91 Å². The fourth-order valence-corrected chi connectivity index (χ4v) is 2.57. The first kappa shape index (κ1) is 16.0. The number of hydrogen-bond acceptors (Lipinski definition) is 2. The van der Waals surface area contributed by atoms with Crippen molar-refractivity contribution in [2.24, 2.45) is 0 Å². The van der Waals surface area contributed by atoms with Crippen LogP contribution in [0.2, 0.25) is 0 Å². The van der Waals surface area contributed by atoms with Crippen LogP contribution in [-0.4, -0.2) is 20.0 Å². The molecule has 1 N–H and O–H groups in total. The number of anilines is 2. The minimum atomic E-state index is -0.400. The summed E-state index contributed by atoms with van der Waals surface area (Å²) in [4.78, 5) is 14.2. The van der Waals surface area contributed by atoms with E-state index in [9.17, 15) is 9.18 Å². The van der Waals surface area contributed by atoms with Crippen molar-refractivity contribution in [3.05, 3.63) is 56.7 Å². The van der Waals surface area contributed by atoms with Gasteiger partial charge in [0.1, 0.15) is 5.82 Å². The second kappa shape index (κ2) is 6.58. The van der Waals surface area contributed by atoms with Gasteiger partial charge in [-0.05, 0) is 52.3 Å². The van der Waals surface area contributed by atoms with Crippen LogP contribution >= 0.6 is 31.9 Å². The molecule has 2 rings (SSSR count). The van der Waals surface area contributed by atoms with Crippen LogP contribution in [0.4, 0.5) is 15.8 Å². The van der Waals surface area contributed by atoms with E-state index >= 15 is 0 Å². The fourth-order valence-electron chi connectivity index (χ4n) is 1.83. The van der Waals surface area contributed by atoms with Crippen LogP contribution in [0.1, 0.15) is 10.4 Å². The number of benzene rings is 2. The van der Waals surface area contributed by atoms with Crippen LogP contribution in [0.25, 0.3) is 0 Å². The summed E-state index contributed by atoms with van der Waals surface area (Å²) < 4.78 is 14.3. The highest BCUT2D eigenvalue weighted by molar-refractivity contribution is 9.10. The van der Waals surface area contributed by atoms with E-state index in [4.69, 9.17) is 0 Å². The van der Waals surface area contributed by atoms with E-state index in [2.05, 4.69) is 37.2 Å². The minimum Gasteiger partial charge on any atom is -0.376 e. The zero-order chi connectivity index (χ0) is 15.6. The van der Waals surface area contributed by atoms with E-state index in [-0.39, 0.29) is 10.4 Å². The molecule has 0 aliphatic carbocycles. The van der Waals surface area contributed by atoms with Crippen LogP contribution in [0.3, 0.4) is 0 Å². The van der Waals surface area contributed by atoms with E-state index in [1.54, 1.807) is 0 Å². The van der Waals surface area contributed by atoms with Gasteiger partial charge in [0.15, 0.2) is 0 Å². The lowest BCUT2D eigenvalue weighted by Gasteiger charge is -2.18. The Morgan fingerprint density at radius 3 is 2.48 bits per heavy atom. The third-order valence-electron chi connectivity index (χ3n) is 2.87. The summed E-state index contributed by atoms with van der Waals surface area (Å²) in [5.74, 6) is -0.695. The van der Waals surface area contributed by atoms with Crippen molar-refractivity contribution in [2.45, 2.75) is 0 Å². The third-order valence-corrected chi connectivity index (χ3v) is 3.97. The molecular formula is C15H13Br2FN2O. The Kier molecular flexibility index (Phi) is 5.00. The maximum absolute atomic E-state index is 13.2. The van der Waals surface area contributed by atoms with Crippen LogP contribution < -0.4 is 10.2 Å². The molecule has 2 aromatic carbocycles. The molecule has 0 unspecified atom stereocenters. The largest absolute Gasteiger partial charge is 0.376 e. The zero-order valence-corrected chi connectivity index (χ0v) is 14.6. The van der Waals surface area contributed by atoms with Crippen molar-refractivity contribution < 1.29 is 9.18 Å². The molecule has 3 nitrogen and oxygen atoms in total. The molecule has 0 fully saturated rings. The number of rotatable bonds is 3. The summed E-state index contributed by atoms with van der Waals surface area (Å²) in [5.41, 5.74) is 1.94. The van der Waals surface area contributed by atoms with E-state index in [0.717, 1.165) is 10.2 Å². The lowest BCUT2D eigenvalue weighted by molar-refractivity contribution is 0.102. The van der Waals surface area contributed by atoms with Gasteiger partial charge in [-0.1, -0.05) is 15.9 Å². The van der Waals surface area contributed by atoms with Gasteiger partial charge in [-0.25, -0.2) is 4.39 Å². The molecule has 0 aliphatic heterocycles. The molecule has 0 aromatic heterocycles. The molecule has 1 amide bonds. The van der Waals surface area contributed by atoms with Gasteiger partial charge in [-0.3, -0.25) is 4.79 Å². The van der Waals surface area contributed by atoms with Crippen molar-refractivity contribution in [2.75, 3.05) is 24.3 Å². The molecule has 0 bridgehead atoms. The predicted molar refractivity (Wildman–Crippen MR) is 90.5 cm³/mol. The Hall–Kier alpha value is -1.40. The number of carbonyl (C=O) groups is 1. The maximum Gasteiger partial charge on any atom is 0.255 e. The van der Waals surface area contributed by atoms with Gasteiger partial charge in [-0.15, -0.1) is 0 Å². The molecule has 110 valence electrons. The molecule has 0 saturated carbocycles. The first-order valence-corrected chi connectivity index (χ1v) is 7.70. The zero-order valence-electron chi connectivity index (χ0n) is 11.5.